The highest BCUT2D eigenvalue weighted by Crippen LogP contribution is 2.27. The molecule has 2 N–H and O–H groups in total. The van der Waals surface area contributed by atoms with Gasteiger partial charge in [-0.25, -0.2) is 0 Å². The Balaban J connectivity index is 0.00000180. The summed E-state index contributed by atoms with van der Waals surface area (Å²) in [5.41, 5.74) is 6.08. The first-order valence-corrected chi connectivity index (χ1v) is 7.14. The summed E-state index contributed by atoms with van der Waals surface area (Å²) in [5, 5.41) is 2.10. The average molecular weight is 395 g/mol. The SMILES string of the molecule is CC(C)(CN=C(N)N1CCOCC1)c1cccs1.I. The maximum Gasteiger partial charge on any atom is 0.191 e. The van der Waals surface area contributed by atoms with Crippen LogP contribution in [-0.4, -0.2) is 43.7 Å². The lowest BCUT2D eigenvalue weighted by molar-refractivity contribution is 0.0674. The van der Waals surface area contributed by atoms with Crippen LogP contribution in [0.4, 0.5) is 0 Å². The summed E-state index contributed by atoms with van der Waals surface area (Å²) in [5.74, 6) is 0.642. The molecule has 1 aromatic heterocycles. The van der Waals surface area contributed by atoms with E-state index >= 15 is 0 Å². The third-order valence-electron chi connectivity index (χ3n) is 3.16. The van der Waals surface area contributed by atoms with E-state index in [1.165, 1.54) is 4.88 Å². The maximum atomic E-state index is 6.03. The highest BCUT2D eigenvalue weighted by Gasteiger charge is 2.22. The van der Waals surface area contributed by atoms with Crippen LogP contribution in [0.5, 0.6) is 0 Å². The number of ether oxygens (including phenoxy) is 1. The number of guanidine groups is 1. The summed E-state index contributed by atoms with van der Waals surface area (Å²) in [4.78, 5) is 7.99. The van der Waals surface area contributed by atoms with Crippen LogP contribution in [0.1, 0.15) is 18.7 Å². The lowest BCUT2D eigenvalue weighted by Gasteiger charge is -2.28. The van der Waals surface area contributed by atoms with Crippen molar-refractivity contribution >= 4 is 41.3 Å². The summed E-state index contributed by atoms with van der Waals surface area (Å²) in [7, 11) is 0. The number of rotatable bonds is 3. The Hall–Kier alpha value is -0.340. The average Bonchev–Trinajstić information content (AvgIpc) is 2.92. The van der Waals surface area contributed by atoms with Gasteiger partial charge in [0.05, 0.1) is 19.8 Å². The smallest absolute Gasteiger partial charge is 0.191 e. The molecule has 1 saturated heterocycles. The minimum Gasteiger partial charge on any atom is -0.378 e. The Morgan fingerprint density at radius 2 is 2.16 bits per heavy atom. The summed E-state index contributed by atoms with van der Waals surface area (Å²) >= 11 is 1.77. The molecule has 1 aliphatic rings. The molecule has 0 aromatic carbocycles. The Morgan fingerprint density at radius 1 is 1.47 bits per heavy atom. The van der Waals surface area contributed by atoms with E-state index in [4.69, 9.17) is 10.5 Å². The van der Waals surface area contributed by atoms with E-state index < -0.39 is 0 Å². The van der Waals surface area contributed by atoms with Gasteiger partial charge in [-0.2, -0.15) is 0 Å². The first-order valence-electron chi connectivity index (χ1n) is 6.26. The second-order valence-corrected chi connectivity index (χ2v) is 6.08. The molecule has 0 atom stereocenters. The lowest BCUT2D eigenvalue weighted by Crippen LogP contribution is -2.45. The van der Waals surface area contributed by atoms with Crippen LogP contribution in [0.2, 0.25) is 0 Å². The molecule has 1 fully saturated rings. The molecule has 6 heteroatoms. The minimum atomic E-state index is 0. The van der Waals surface area contributed by atoms with Crippen LogP contribution in [0.15, 0.2) is 22.5 Å². The fraction of sp³-hybridized carbons (Fsp3) is 0.615. The molecule has 0 aliphatic carbocycles. The van der Waals surface area contributed by atoms with Gasteiger partial charge in [-0.3, -0.25) is 4.99 Å². The fourth-order valence-corrected chi connectivity index (χ4v) is 2.76. The molecule has 0 unspecified atom stereocenters. The molecule has 0 amide bonds. The Morgan fingerprint density at radius 3 is 2.74 bits per heavy atom. The van der Waals surface area contributed by atoms with Gasteiger partial charge >= 0.3 is 0 Å². The first-order chi connectivity index (χ1) is 8.59. The monoisotopic (exact) mass is 395 g/mol. The van der Waals surface area contributed by atoms with Gasteiger partial charge in [0.2, 0.25) is 0 Å². The second kappa shape index (κ2) is 7.44. The zero-order valence-electron chi connectivity index (χ0n) is 11.5. The molecule has 1 aromatic rings. The third-order valence-corrected chi connectivity index (χ3v) is 4.40. The van der Waals surface area contributed by atoms with Gasteiger partial charge in [-0.1, -0.05) is 19.9 Å². The molecule has 4 nitrogen and oxygen atoms in total. The minimum absolute atomic E-state index is 0. The summed E-state index contributed by atoms with van der Waals surface area (Å²) in [6.07, 6.45) is 0. The molecule has 0 saturated carbocycles. The largest absolute Gasteiger partial charge is 0.378 e. The maximum absolute atomic E-state index is 6.03. The molecule has 19 heavy (non-hydrogen) atoms. The topological polar surface area (TPSA) is 50.8 Å². The van der Waals surface area contributed by atoms with Gasteiger partial charge in [-0.15, -0.1) is 35.3 Å². The van der Waals surface area contributed by atoms with Crippen molar-refractivity contribution < 1.29 is 4.74 Å². The number of hydrogen-bond donors (Lipinski definition) is 1. The normalized spacial score (nSPS) is 17.2. The number of morpholine rings is 1. The molecule has 0 spiro atoms. The quantitative estimate of drug-likeness (QED) is 0.486. The van der Waals surface area contributed by atoms with Crippen molar-refractivity contribution in [3.05, 3.63) is 22.4 Å². The second-order valence-electron chi connectivity index (χ2n) is 5.14. The summed E-state index contributed by atoms with van der Waals surface area (Å²) < 4.78 is 5.30. The van der Waals surface area contributed by atoms with Gasteiger partial charge in [0, 0.05) is 23.4 Å². The van der Waals surface area contributed by atoms with Crippen LogP contribution in [0.25, 0.3) is 0 Å². The lowest BCUT2D eigenvalue weighted by atomic mass is 9.92. The van der Waals surface area contributed by atoms with Gasteiger partial charge in [0.25, 0.3) is 0 Å². The third kappa shape index (κ3) is 4.61. The van der Waals surface area contributed by atoms with E-state index in [1.54, 1.807) is 11.3 Å². The van der Waals surface area contributed by atoms with Crippen molar-refractivity contribution in [1.29, 1.82) is 0 Å². The molecule has 0 radical (unpaired) electrons. The molecule has 1 aliphatic heterocycles. The van der Waals surface area contributed by atoms with E-state index in [9.17, 15) is 0 Å². The van der Waals surface area contributed by atoms with Gasteiger partial charge < -0.3 is 15.4 Å². The van der Waals surface area contributed by atoms with E-state index in [-0.39, 0.29) is 29.4 Å². The van der Waals surface area contributed by atoms with Crippen molar-refractivity contribution in [2.24, 2.45) is 10.7 Å². The Bertz CT molecular complexity index is 400. The van der Waals surface area contributed by atoms with E-state index in [1.807, 2.05) is 0 Å². The Kier molecular flexibility index (Phi) is 6.55. The molecule has 2 rings (SSSR count). The molecular weight excluding hydrogens is 373 g/mol. The van der Waals surface area contributed by atoms with Gasteiger partial charge in [0.15, 0.2) is 5.96 Å². The predicted octanol–water partition coefficient (Wildman–Crippen LogP) is 2.29. The highest BCUT2D eigenvalue weighted by atomic mass is 127. The molecule has 2 heterocycles. The van der Waals surface area contributed by atoms with E-state index in [2.05, 4.69) is 41.3 Å². The predicted molar refractivity (Wildman–Crippen MR) is 91.6 cm³/mol. The van der Waals surface area contributed by atoms with Crippen LogP contribution in [-0.2, 0) is 10.2 Å². The van der Waals surface area contributed by atoms with Crippen LogP contribution < -0.4 is 5.73 Å². The number of hydrogen-bond acceptors (Lipinski definition) is 3. The zero-order valence-corrected chi connectivity index (χ0v) is 14.6. The number of nitrogens with zero attached hydrogens (tertiary/aromatic N) is 2. The van der Waals surface area contributed by atoms with E-state index in [0.29, 0.717) is 5.96 Å². The van der Waals surface area contributed by atoms with Gasteiger partial charge in [-0.05, 0) is 11.4 Å². The number of thiophene rings is 1. The highest BCUT2D eigenvalue weighted by molar-refractivity contribution is 14.0. The molecule has 0 bridgehead atoms. The van der Waals surface area contributed by atoms with E-state index in [0.717, 1.165) is 32.8 Å². The number of halogens is 1. The van der Waals surface area contributed by atoms with Crippen molar-refractivity contribution in [2.75, 3.05) is 32.8 Å². The summed E-state index contributed by atoms with van der Waals surface area (Å²) in [6.45, 7) is 8.29. The van der Waals surface area contributed by atoms with Crippen molar-refractivity contribution in [3.63, 3.8) is 0 Å². The van der Waals surface area contributed by atoms with Crippen molar-refractivity contribution in [3.8, 4) is 0 Å². The van der Waals surface area contributed by atoms with Crippen molar-refractivity contribution in [1.82, 2.24) is 4.90 Å². The van der Waals surface area contributed by atoms with Gasteiger partial charge in [0.1, 0.15) is 0 Å². The number of nitrogens with two attached hydrogens (primary N) is 1. The van der Waals surface area contributed by atoms with Crippen molar-refractivity contribution in [2.45, 2.75) is 19.3 Å². The van der Waals surface area contributed by atoms with Crippen LogP contribution in [0.3, 0.4) is 0 Å². The standard InChI is InChI=1S/C13H21N3OS.HI/c1-13(2,11-4-3-9-18-11)10-15-12(14)16-5-7-17-8-6-16;/h3-4,9H,5-8,10H2,1-2H3,(H2,14,15);1H. The molecule has 108 valence electrons. The Labute approximate surface area is 136 Å². The molecular formula is C13H22IN3OS. The van der Waals surface area contributed by atoms with Crippen LogP contribution >= 0.6 is 35.3 Å². The fourth-order valence-electron chi connectivity index (χ4n) is 1.91. The number of aliphatic imine (C=N–C) groups is 1. The van der Waals surface area contributed by atoms with Crippen LogP contribution in [0, 0.1) is 0 Å². The summed E-state index contributed by atoms with van der Waals surface area (Å²) in [6, 6.07) is 4.24. The first kappa shape index (κ1) is 16.7. The zero-order chi connectivity index (χ0) is 13.0.